The molecule has 0 spiro atoms. The predicted molar refractivity (Wildman–Crippen MR) is 109 cm³/mol. The lowest BCUT2D eigenvalue weighted by Crippen LogP contribution is -3.11. The van der Waals surface area contributed by atoms with E-state index in [1.54, 1.807) is 35.4 Å². The van der Waals surface area contributed by atoms with Gasteiger partial charge in [0.2, 0.25) is 5.78 Å². The summed E-state index contributed by atoms with van der Waals surface area (Å²) in [5.74, 6) is -1.26. The SMILES string of the molecule is CC[NH+](CC)CCCN1C(=O)C(O)=C(C(=O)c2cccs2)[C@@H]1c1ccccn1. The first-order valence-corrected chi connectivity index (χ1v) is 10.5. The van der Waals surface area contributed by atoms with Gasteiger partial charge >= 0.3 is 0 Å². The number of aliphatic hydroxyl groups is 1. The number of quaternary nitrogens is 1. The zero-order valence-electron chi connectivity index (χ0n) is 16.2. The van der Waals surface area contributed by atoms with Crippen molar-refractivity contribution in [2.24, 2.45) is 0 Å². The van der Waals surface area contributed by atoms with Crippen LogP contribution in [0.15, 0.2) is 53.2 Å². The van der Waals surface area contributed by atoms with Crippen LogP contribution in [0.4, 0.5) is 0 Å². The summed E-state index contributed by atoms with van der Waals surface area (Å²) in [4.78, 5) is 33.8. The lowest BCUT2D eigenvalue weighted by atomic mass is 9.99. The average molecular weight is 401 g/mol. The van der Waals surface area contributed by atoms with Gasteiger partial charge in [0.05, 0.1) is 35.8 Å². The molecule has 1 amide bonds. The molecular formula is C21H26N3O3S+. The van der Waals surface area contributed by atoms with Crippen LogP contribution in [0.5, 0.6) is 0 Å². The Morgan fingerprint density at radius 1 is 1.25 bits per heavy atom. The molecule has 0 bridgehead atoms. The van der Waals surface area contributed by atoms with E-state index in [9.17, 15) is 14.7 Å². The maximum atomic E-state index is 13.0. The number of hydrogen-bond donors (Lipinski definition) is 2. The second-order valence-corrected chi connectivity index (χ2v) is 7.73. The first-order chi connectivity index (χ1) is 13.6. The molecule has 0 aromatic carbocycles. The fraction of sp³-hybridized carbons (Fsp3) is 0.381. The zero-order valence-corrected chi connectivity index (χ0v) is 17.0. The van der Waals surface area contributed by atoms with Gasteiger partial charge in [0.15, 0.2) is 5.76 Å². The Bertz CT molecular complexity index is 845. The van der Waals surface area contributed by atoms with Crippen molar-refractivity contribution in [3.63, 3.8) is 0 Å². The Labute approximate surface area is 169 Å². The van der Waals surface area contributed by atoms with Gasteiger partial charge in [-0.25, -0.2) is 0 Å². The highest BCUT2D eigenvalue weighted by atomic mass is 32.1. The first kappa shape index (κ1) is 20.2. The van der Waals surface area contributed by atoms with Crippen LogP contribution in [-0.4, -0.2) is 52.9 Å². The molecule has 7 heteroatoms. The second-order valence-electron chi connectivity index (χ2n) is 6.79. The molecule has 0 saturated carbocycles. The van der Waals surface area contributed by atoms with Gasteiger partial charge in [-0.2, -0.15) is 0 Å². The average Bonchev–Trinajstić information content (AvgIpc) is 3.34. The highest BCUT2D eigenvalue weighted by molar-refractivity contribution is 7.12. The van der Waals surface area contributed by atoms with Gasteiger partial charge in [-0.15, -0.1) is 11.3 Å². The van der Waals surface area contributed by atoms with Crippen LogP contribution in [0.2, 0.25) is 0 Å². The van der Waals surface area contributed by atoms with E-state index in [1.165, 1.54) is 16.2 Å². The molecule has 0 aliphatic carbocycles. The van der Waals surface area contributed by atoms with Crippen LogP contribution in [-0.2, 0) is 4.79 Å². The number of carbonyl (C=O) groups excluding carboxylic acids is 2. The van der Waals surface area contributed by atoms with Gasteiger partial charge < -0.3 is 14.9 Å². The summed E-state index contributed by atoms with van der Waals surface area (Å²) in [7, 11) is 0. The zero-order chi connectivity index (χ0) is 20.1. The smallest absolute Gasteiger partial charge is 0.290 e. The molecule has 0 saturated heterocycles. The van der Waals surface area contributed by atoms with Crippen molar-refractivity contribution >= 4 is 23.0 Å². The number of nitrogens with zero attached hydrogens (tertiary/aromatic N) is 2. The van der Waals surface area contributed by atoms with Gasteiger partial charge in [0.25, 0.3) is 5.91 Å². The minimum absolute atomic E-state index is 0.126. The normalized spacial score (nSPS) is 17.0. The molecule has 3 heterocycles. The summed E-state index contributed by atoms with van der Waals surface area (Å²) in [5, 5.41) is 12.4. The number of rotatable bonds is 9. The molecule has 2 N–H and O–H groups in total. The minimum Gasteiger partial charge on any atom is -0.503 e. The monoisotopic (exact) mass is 400 g/mol. The Morgan fingerprint density at radius 3 is 2.64 bits per heavy atom. The van der Waals surface area contributed by atoms with Crippen LogP contribution in [0, 0.1) is 0 Å². The summed E-state index contributed by atoms with van der Waals surface area (Å²) in [5.41, 5.74) is 0.719. The van der Waals surface area contributed by atoms with Gasteiger partial charge in [-0.05, 0) is 37.4 Å². The molecular weight excluding hydrogens is 374 g/mol. The standard InChI is InChI=1S/C21H25N3O3S/c1-3-23(4-2)12-8-13-24-18(15-9-5-6-11-22-15)17(20(26)21(24)27)19(25)16-10-7-14-28-16/h5-7,9-11,14,18,26H,3-4,8,12-13H2,1-2H3/p+1/t18-/m0/s1. The summed E-state index contributed by atoms with van der Waals surface area (Å²) in [6.07, 6.45) is 2.43. The molecule has 3 rings (SSSR count). The van der Waals surface area contributed by atoms with E-state index in [2.05, 4.69) is 18.8 Å². The van der Waals surface area contributed by atoms with E-state index in [0.717, 1.165) is 26.1 Å². The van der Waals surface area contributed by atoms with Crippen molar-refractivity contribution in [2.45, 2.75) is 26.3 Å². The van der Waals surface area contributed by atoms with E-state index in [1.807, 2.05) is 11.4 Å². The second kappa shape index (κ2) is 9.12. The van der Waals surface area contributed by atoms with Crippen molar-refractivity contribution in [1.82, 2.24) is 9.88 Å². The third-order valence-electron chi connectivity index (χ3n) is 5.19. The lowest BCUT2D eigenvalue weighted by Gasteiger charge is -2.26. The number of thiophene rings is 1. The number of Topliss-reactive ketones (excluding diaryl/α,β-unsaturated/α-hetero) is 1. The van der Waals surface area contributed by atoms with E-state index < -0.39 is 17.7 Å². The van der Waals surface area contributed by atoms with Crippen molar-refractivity contribution in [2.75, 3.05) is 26.2 Å². The van der Waals surface area contributed by atoms with E-state index >= 15 is 0 Å². The van der Waals surface area contributed by atoms with Crippen molar-refractivity contribution in [1.29, 1.82) is 0 Å². The van der Waals surface area contributed by atoms with Crippen molar-refractivity contribution in [3.8, 4) is 0 Å². The van der Waals surface area contributed by atoms with Gasteiger partial charge in [-0.3, -0.25) is 14.6 Å². The molecule has 148 valence electrons. The molecule has 2 aromatic rings. The number of ketones is 1. The fourth-order valence-electron chi connectivity index (χ4n) is 3.60. The highest BCUT2D eigenvalue weighted by Crippen LogP contribution is 2.38. The molecule has 0 radical (unpaired) electrons. The highest BCUT2D eigenvalue weighted by Gasteiger charge is 2.44. The maximum absolute atomic E-state index is 13.0. The van der Waals surface area contributed by atoms with Crippen LogP contribution < -0.4 is 4.90 Å². The Kier molecular flexibility index (Phi) is 6.59. The number of pyridine rings is 1. The molecule has 0 unspecified atom stereocenters. The Hall–Kier alpha value is -2.51. The van der Waals surface area contributed by atoms with Crippen molar-refractivity contribution < 1.29 is 19.6 Å². The van der Waals surface area contributed by atoms with E-state index in [4.69, 9.17) is 0 Å². The van der Waals surface area contributed by atoms with E-state index in [-0.39, 0.29) is 11.4 Å². The van der Waals surface area contributed by atoms with Gasteiger partial charge in [0, 0.05) is 19.2 Å². The fourth-order valence-corrected chi connectivity index (χ4v) is 4.28. The van der Waals surface area contributed by atoms with Gasteiger partial charge in [0.1, 0.15) is 6.04 Å². The number of aromatic nitrogens is 1. The summed E-state index contributed by atoms with van der Waals surface area (Å²) in [6.45, 7) is 7.73. The number of nitrogens with one attached hydrogen (secondary N) is 1. The van der Waals surface area contributed by atoms with E-state index in [0.29, 0.717) is 17.1 Å². The Morgan fingerprint density at radius 2 is 2.04 bits per heavy atom. The lowest BCUT2D eigenvalue weighted by molar-refractivity contribution is -0.896. The van der Waals surface area contributed by atoms with Crippen LogP contribution in [0.25, 0.3) is 0 Å². The van der Waals surface area contributed by atoms with Crippen molar-refractivity contribution in [3.05, 3.63) is 63.8 Å². The van der Waals surface area contributed by atoms with Crippen LogP contribution in [0.3, 0.4) is 0 Å². The largest absolute Gasteiger partial charge is 0.503 e. The molecule has 1 aliphatic rings. The number of hydrogen-bond acceptors (Lipinski definition) is 5. The van der Waals surface area contributed by atoms with Crippen LogP contribution in [0.1, 0.15) is 41.7 Å². The predicted octanol–water partition coefficient (Wildman–Crippen LogP) is 2.04. The third kappa shape index (κ3) is 4.00. The molecule has 1 atom stereocenters. The maximum Gasteiger partial charge on any atom is 0.290 e. The molecule has 0 fully saturated rings. The third-order valence-corrected chi connectivity index (χ3v) is 6.06. The van der Waals surface area contributed by atoms with Crippen LogP contribution >= 0.6 is 11.3 Å². The summed E-state index contributed by atoms with van der Waals surface area (Å²) < 4.78 is 0. The molecule has 1 aliphatic heterocycles. The molecule has 6 nitrogen and oxygen atoms in total. The number of amides is 1. The number of aliphatic hydroxyl groups excluding tert-OH is 1. The minimum atomic E-state index is -0.657. The Balaban J connectivity index is 1.90. The summed E-state index contributed by atoms with van der Waals surface area (Å²) in [6, 6.07) is 8.24. The van der Waals surface area contributed by atoms with Gasteiger partial charge in [-0.1, -0.05) is 12.1 Å². The topological polar surface area (TPSA) is 74.9 Å². The molecule has 28 heavy (non-hydrogen) atoms. The molecule has 2 aromatic heterocycles. The quantitative estimate of drug-likeness (QED) is 0.632. The first-order valence-electron chi connectivity index (χ1n) is 9.65. The number of carbonyl (C=O) groups is 2. The summed E-state index contributed by atoms with van der Waals surface area (Å²) >= 11 is 1.30.